The van der Waals surface area contributed by atoms with Crippen LogP contribution in [-0.4, -0.2) is 46.3 Å². The number of aromatic nitrogens is 2. The van der Waals surface area contributed by atoms with Gasteiger partial charge in [0.1, 0.15) is 5.75 Å². The number of rotatable bonds is 9. The van der Waals surface area contributed by atoms with E-state index >= 15 is 0 Å². The number of nitrogens with zero attached hydrogens (tertiary/aromatic N) is 3. The third-order valence-corrected chi connectivity index (χ3v) is 7.63. The highest BCUT2D eigenvalue weighted by Gasteiger charge is 2.37. The topological polar surface area (TPSA) is 84.8 Å². The van der Waals surface area contributed by atoms with E-state index in [9.17, 15) is 9.90 Å². The van der Waals surface area contributed by atoms with Crippen molar-refractivity contribution in [2.75, 3.05) is 24.6 Å². The number of carboxylic acid groups (broad SMARTS) is 1. The maximum atomic E-state index is 12.6. The van der Waals surface area contributed by atoms with Gasteiger partial charge in [-0.1, -0.05) is 32.6 Å². The zero-order valence-electron chi connectivity index (χ0n) is 23.1. The summed E-state index contributed by atoms with van der Waals surface area (Å²) in [5, 5.41) is 10.3. The average molecular weight is 510 g/mol. The molecule has 2 unspecified atom stereocenters. The maximum absolute atomic E-state index is 12.6. The number of fused-ring (bicyclic) bond motifs is 1. The Bertz CT molecular complexity index is 1060. The molecule has 2 aromatic rings. The van der Waals surface area contributed by atoms with Crippen LogP contribution in [0.25, 0.3) is 11.3 Å². The van der Waals surface area contributed by atoms with Crippen LogP contribution in [0, 0.1) is 18.8 Å². The fourth-order valence-corrected chi connectivity index (χ4v) is 5.80. The second kappa shape index (κ2) is 11.8. The first kappa shape index (κ1) is 27.4. The molecule has 1 aliphatic carbocycles. The highest BCUT2D eigenvalue weighted by atomic mass is 16.5. The average Bonchev–Trinajstić information content (AvgIpc) is 2.87. The molecule has 2 aromatic heterocycles. The molecule has 1 saturated carbocycles. The lowest BCUT2D eigenvalue weighted by Crippen LogP contribution is -2.43. The van der Waals surface area contributed by atoms with Crippen LogP contribution in [-0.2, 0) is 9.53 Å². The van der Waals surface area contributed by atoms with Gasteiger partial charge >= 0.3 is 5.97 Å². The van der Waals surface area contributed by atoms with Crippen LogP contribution in [0.1, 0.15) is 90.0 Å². The van der Waals surface area contributed by atoms with Gasteiger partial charge in [-0.3, -0.25) is 9.97 Å². The molecule has 1 N–H and O–H groups in total. The third-order valence-electron chi connectivity index (χ3n) is 7.63. The first-order valence-corrected chi connectivity index (χ1v) is 13.9. The summed E-state index contributed by atoms with van der Waals surface area (Å²) < 4.78 is 12.0. The van der Waals surface area contributed by atoms with Crippen molar-refractivity contribution < 1.29 is 19.4 Å². The first-order chi connectivity index (χ1) is 17.7. The number of aliphatic carboxylic acids is 1. The van der Waals surface area contributed by atoms with Gasteiger partial charge in [0, 0.05) is 36.1 Å². The highest BCUT2D eigenvalue weighted by molar-refractivity contribution is 5.85. The highest BCUT2D eigenvalue weighted by Crippen LogP contribution is 2.44. The minimum Gasteiger partial charge on any atom is -0.492 e. The summed E-state index contributed by atoms with van der Waals surface area (Å²) >= 11 is 0. The molecule has 2 fully saturated rings. The molecule has 3 heterocycles. The predicted octanol–water partition coefficient (Wildman–Crippen LogP) is 6.59. The fraction of sp³-hybridized carbons (Fsp3) is 0.633. The number of hydrogen-bond donors (Lipinski definition) is 1. The zero-order valence-corrected chi connectivity index (χ0v) is 23.1. The second-order valence-corrected chi connectivity index (χ2v) is 11.6. The van der Waals surface area contributed by atoms with Crippen LogP contribution in [0.15, 0.2) is 24.5 Å². The molecule has 1 saturated heterocycles. The quantitative estimate of drug-likeness (QED) is 0.382. The van der Waals surface area contributed by atoms with Gasteiger partial charge in [-0.2, -0.15) is 0 Å². The van der Waals surface area contributed by atoms with E-state index < -0.39 is 17.7 Å². The molecule has 0 amide bonds. The summed E-state index contributed by atoms with van der Waals surface area (Å²) in [5.74, 6) is 1.13. The molecule has 7 heteroatoms. The van der Waals surface area contributed by atoms with Crippen LogP contribution in [0.2, 0.25) is 0 Å². The lowest BCUT2D eigenvalue weighted by molar-refractivity contribution is -0.160. The van der Waals surface area contributed by atoms with E-state index in [1.165, 1.54) is 25.7 Å². The van der Waals surface area contributed by atoms with Crippen molar-refractivity contribution in [2.24, 2.45) is 11.8 Å². The van der Waals surface area contributed by atoms with Gasteiger partial charge < -0.3 is 19.5 Å². The summed E-state index contributed by atoms with van der Waals surface area (Å²) in [6.07, 6.45) is 10.8. The second-order valence-electron chi connectivity index (χ2n) is 11.6. The van der Waals surface area contributed by atoms with Gasteiger partial charge in [-0.15, -0.1) is 0 Å². The lowest BCUT2D eigenvalue weighted by atomic mass is 9.75. The van der Waals surface area contributed by atoms with Gasteiger partial charge in [-0.05, 0) is 70.9 Å². The van der Waals surface area contributed by atoms with Crippen molar-refractivity contribution >= 4 is 11.7 Å². The minimum atomic E-state index is -1.12. The van der Waals surface area contributed by atoms with E-state index in [1.54, 1.807) is 6.20 Å². The van der Waals surface area contributed by atoms with E-state index in [0.29, 0.717) is 23.8 Å². The minimum absolute atomic E-state index is 0.630. The number of aryl methyl sites for hydroxylation is 1. The molecule has 7 nitrogen and oxygen atoms in total. The molecule has 1 aliphatic heterocycles. The predicted molar refractivity (Wildman–Crippen MR) is 146 cm³/mol. The van der Waals surface area contributed by atoms with Crippen LogP contribution in [0.3, 0.4) is 0 Å². The van der Waals surface area contributed by atoms with Gasteiger partial charge in [0.25, 0.3) is 0 Å². The Balaban J connectivity index is 1.79. The van der Waals surface area contributed by atoms with Crippen molar-refractivity contribution in [2.45, 2.75) is 91.3 Å². The molecular formula is C30H43N3O4. The number of anilines is 1. The van der Waals surface area contributed by atoms with Crippen molar-refractivity contribution in [1.82, 2.24) is 9.97 Å². The van der Waals surface area contributed by atoms with Gasteiger partial charge in [0.15, 0.2) is 6.10 Å². The smallest absolute Gasteiger partial charge is 0.337 e. The number of hydrogen-bond acceptors (Lipinski definition) is 6. The Morgan fingerprint density at radius 2 is 1.89 bits per heavy atom. The van der Waals surface area contributed by atoms with E-state index in [0.717, 1.165) is 61.0 Å². The Kier molecular flexibility index (Phi) is 8.73. The summed E-state index contributed by atoms with van der Waals surface area (Å²) in [7, 11) is 0. The van der Waals surface area contributed by atoms with E-state index in [2.05, 4.69) is 16.8 Å². The normalized spacial score (nSPS) is 20.8. The summed E-state index contributed by atoms with van der Waals surface area (Å²) in [6, 6.07) is 3.89. The van der Waals surface area contributed by atoms with Crippen LogP contribution in [0.4, 0.5) is 5.69 Å². The molecule has 2 aliphatic rings. The SMILES string of the molecule is CCCCOc1ccc(-c2cnc(C)c([C@H](OC(C)(C)C)C(=O)O)c2N2CCC3CCCCC3C2)nc1. The first-order valence-electron chi connectivity index (χ1n) is 13.9. The zero-order chi connectivity index (χ0) is 26.6. The molecule has 0 radical (unpaired) electrons. The molecule has 4 rings (SSSR count). The molecular weight excluding hydrogens is 466 g/mol. The van der Waals surface area contributed by atoms with Gasteiger partial charge in [-0.25, -0.2) is 4.79 Å². The van der Waals surface area contributed by atoms with Crippen molar-refractivity contribution in [3.63, 3.8) is 0 Å². The lowest BCUT2D eigenvalue weighted by Gasteiger charge is -2.44. The molecule has 202 valence electrons. The third kappa shape index (κ3) is 6.61. The maximum Gasteiger partial charge on any atom is 0.337 e. The van der Waals surface area contributed by atoms with Crippen molar-refractivity contribution in [3.8, 4) is 17.0 Å². The molecule has 0 bridgehead atoms. The van der Waals surface area contributed by atoms with Crippen LogP contribution < -0.4 is 9.64 Å². The van der Waals surface area contributed by atoms with E-state index in [4.69, 9.17) is 14.5 Å². The number of carbonyl (C=O) groups is 1. The number of ether oxygens (including phenoxy) is 2. The Morgan fingerprint density at radius 1 is 1.14 bits per heavy atom. The fourth-order valence-electron chi connectivity index (χ4n) is 5.80. The molecule has 0 spiro atoms. The summed E-state index contributed by atoms with van der Waals surface area (Å²) in [5.41, 5.74) is 3.20. The number of piperidine rings is 1. The number of pyridine rings is 2. The van der Waals surface area contributed by atoms with Gasteiger partial charge in [0.2, 0.25) is 0 Å². The monoisotopic (exact) mass is 509 g/mol. The van der Waals surface area contributed by atoms with Gasteiger partial charge in [0.05, 0.1) is 29.8 Å². The largest absolute Gasteiger partial charge is 0.492 e. The van der Waals surface area contributed by atoms with Crippen molar-refractivity contribution in [1.29, 1.82) is 0 Å². The number of carboxylic acids is 1. The van der Waals surface area contributed by atoms with Crippen molar-refractivity contribution in [3.05, 3.63) is 35.8 Å². The Labute approximate surface area is 221 Å². The summed E-state index contributed by atoms with van der Waals surface area (Å²) in [4.78, 5) is 24.4. The molecule has 3 atom stereocenters. The Morgan fingerprint density at radius 3 is 2.54 bits per heavy atom. The van der Waals surface area contributed by atoms with Crippen LogP contribution in [0.5, 0.6) is 5.75 Å². The molecule has 37 heavy (non-hydrogen) atoms. The number of unbranched alkanes of at least 4 members (excludes halogenated alkanes) is 1. The van der Waals surface area contributed by atoms with Crippen LogP contribution >= 0.6 is 0 Å². The molecule has 0 aromatic carbocycles. The summed E-state index contributed by atoms with van der Waals surface area (Å²) in [6.45, 7) is 12.2. The van der Waals surface area contributed by atoms with E-state index in [-0.39, 0.29) is 0 Å². The Hall–Kier alpha value is -2.67. The van der Waals surface area contributed by atoms with E-state index in [1.807, 2.05) is 46.0 Å². The standard InChI is InChI=1S/C30H43N3O4/c1-6-7-16-36-23-12-13-25(32-17-23)24-18-31-20(2)26(28(29(34)35)37-30(3,4)5)27(24)33-15-14-21-10-8-9-11-22(21)19-33/h12-13,17-18,21-22,28H,6-11,14-16,19H2,1-5H3,(H,34,35)/t21?,22?,28-/m0/s1.